The lowest BCUT2D eigenvalue weighted by Crippen LogP contribution is -2.32. The Balaban J connectivity index is 1.58. The summed E-state index contributed by atoms with van der Waals surface area (Å²) >= 11 is 6.25. The second-order valence-corrected chi connectivity index (χ2v) is 10.2. The molecular weight excluding hydrogens is 526 g/mol. The van der Waals surface area contributed by atoms with Crippen LogP contribution in [0, 0.1) is 0 Å². The molecule has 0 spiro atoms. The smallest absolute Gasteiger partial charge is 0.252 e. The van der Waals surface area contributed by atoms with Crippen molar-refractivity contribution < 1.29 is 14.3 Å². The third-order valence-corrected chi connectivity index (χ3v) is 7.19. The van der Waals surface area contributed by atoms with Gasteiger partial charge in [-0.05, 0) is 53.9 Å². The molecule has 7 nitrogen and oxygen atoms in total. The SMILES string of the molecule is COc1cn([C@@H](Cc2ccccc2)C(=O)Cc2ccc3nn(C)cc3c2)c(=O)cc1-c1cc(Cl)ccc1C(C)=O. The average molecular weight is 554 g/mol. The van der Waals surface area contributed by atoms with E-state index in [9.17, 15) is 14.4 Å². The van der Waals surface area contributed by atoms with Crippen LogP contribution >= 0.6 is 11.6 Å². The maximum Gasteiger partial charge on any atom is 0.252 e. The molecule has 8 heteroatoms. The Kier molecular flexibility index (Phi) is 7.67. The van der Waals surface area contributed by atoms with Gasteiger partial charge in [0.1, 0.15) is 5.75 Å². The van der Waals surface area contributed by atoms with Crippen molar-refractivity contribution in [1.29, 1.82) is 0 Å². The van der Waals surface area contributed by atoms with Crippen LogP contribution in [0.3, 0.4) is 0 Å². The van der Waals surface area contributed by atoms with Crippen LogP contribution in [0.1, 0.15) is 34.5 Å². The van der Waals surface area contributed by atoms with Crippen LogP contribution in [0.4, 0.5) is 0 Å². The van der Waals surface area contributed by atoms with E-state index in [0.717, 1.165) is 22.0 Å². The number of nitrogens with zero attached hydrogens (tertiary/aromatic N) is 3. The first kappa shape index (κ1) is 27.1. The number of aryl methyl sites for hydroxylation is 1. The van der Waals surface area contributed by atoms with Gasteiger partial charge in [0.05, 0.1) is 24.9 Å². The van der Waals surface area contributed by atoms with Crippen molar-refractivity contribution in [2.24, 2.45) is 7.05 Å². The number of rotatable bonds is 9. The van der Waals surface area contributed by atoms with Gasteiger partial charge in [0.25, 0.3) is 5.56 Å². The van der Waals surface area contributed by atoms with Crippen LogP contribution < -0.4 is 10.3 Å². The van der Waals surface area contributed by atoms with E-state index < -0.39 is 6.04 Å². The van der Waals surface area contributed by atoms with Crippen molar-refractivity contribution in [3.63, 3.8) is 0 Å². The molecule has 5 aromatic rings. The van der Waals surface area contributed by atoms with Gasteiger partial charge in [-0.2, -0.15) is 5.10 Å². The number of carbonyl (C=O) groups excluding carboxylic acids is 2. The number of carbonyl (C=O) groups is 2. The zero-order chi connectivity index (χ0) is 28.4. The molecule has 0 fully saturated rings. The molecule has 0 amide bonds. The van der Waals surface area contributed by atoms with Crippen LogP contribution in [-0.4, -0.2) is 33.0 Å². The molecule has 0 bridgehead atoms. The van der Waals surface area contributed by atoms with E-state index in [4.69, 9.17) is 16.3 Å². The molecule has 0 radical (unpaired) electrons. The number of hydrogen-bond donors (Lipinski definition) is 0. The monoisotopic (exact) mass is 553 g/mol. The van der Waals surface area contributed by atoms with E-state index in [2.05, 4.69) is 5.10 Å². The number of fused-ring (bicyclic) bond motifs is 1. The predicted molar refractivity (Wildman–Crippen MR) is 156 cm³/mol. The Morgan fingerprint density at radius 2 is 1.73 bits per heavy atom. The third-order valence-electron chi connectivity index (χ3n) is 6.96. The fourth-order valence-electron chi connectivity index (χ4n) is 5.02. The Labute approximate surface area is 236 Å². The summed E-state index contributed by atoms with van der Waals surface area (Å²) in [5.74, 6) is 0.0730. The maximum atomic E-state index is 13.9. The predicted octanol–water partition coefficient (Wildman–Crippen LogP) is 5.86. The van der Waals surface area contributed by atoms with Crippen molar-refractivity contribution in [1.82, 2.24) is 14.3 Å². The number of ketones is 2. The molecule has 40 heavy (non-hydrogen) atoms. The molecule has 0 aliphatic carbocycles. The van der Waals surface area contributed by atoms with Crippen LogP contribution in [0.2, 0.25) is 5.02 Å². The first-order chi connectivity index (χ1) is 19.2. The zero-order valence-electron chi connectivity index (χ0n) is 22.4. The van der Waals surface area contributed by atoms with E-state index in [1.807, 2.05) is 61.8 Å². The first-order valence-electron chi connectivity index (χ1n) is 12.8. The molecule has 2 aromatic heterocycles. The lowest BCUT2D eigenvalue weighted by molar-refractivity contribution is -0.121. The van der Waals surface area contributed by atoms with Crippen LogP contribution in [0.15, 0.2) is 90.0 Å². The molecule has 0 saturated carbocycles. The van der Waals surface area contributed by atoms with Gasteiger partial charge in [-0.3, -0.25) is 19.1 Å². The number of halogens is 1. The molecule has 0 saturated heterocycles. The summed E-state index contributed by atoms with van der Waals surface area (Å²) < 4.78 is 8.85. The summed E-state index contributed by atoms with van der Waals surface area (Å²) in [6, 6.07) is 20.9. The Morgan fingerprint density at radius 3 is 2.45 bits per heavy atom. The van der Waals surface area contributed by atoms with E-state index >= 15 is 0 Å². The van der Waals surface area contributed by atoms with Gasteiger partial charge in [0, 0.05) is 53.7 Å². The molecule has 2 heterocycles. The number of ether oxygens (including phenoxy) is 1. The van der Waals surface area contributed by atoms with E-state index in [0.29, 0.717) is 33.9 Å². The number of Topliss-reactive ketones (excluding diaryl/α,β-unsaturated/α-hetero) is 2. The fourth-order valence-corrected chi connectivity index (χ4v) is 5.20. The summed E-state index contributed by atoms with van der Waals surface area (Å²) in [7, 11) is 3.34. The Hall–Kier alpha value is -4.49. The summed E-state index contributed by atoms with van der Waals surface area (Å²) in [5, 5.41) is 5.77. The minimum absolute atomic E-state index is 0.115. The summed E-state index contributed by atoms with van der Waals surface area (Å²) in [6.07, 6.45) is 3.93. The Morgan fingerprint density at radius 1 is 0.950 bits per heavy atom. The highest BCUT2D eigenvalue weighted by Crippen LogP contribution is 2.34. The number of benzene rings is 3. The lowest BCUT2D eigenvalue weighted by Gasteiger charge is -2.21. The zero-order valence-corrected chi connectivity index (χ0v) is 23.2. The van der Waals surface area contributed by atoms with Gasteiger partial charge in [0.2, 0.25) is 0 Å². The molecule has 202 valence electrons. The molecule has 0 N–H and O–H groups in total. The van der Waals surface area contributed by atoms with Crippen molar-refractivity contribution in [2.75, 3.05) is 7.11 Å². The van der Waals surface area contributed by atoms with Gasteiger partial charge < -0.3 is 9.30 Å². The van der Waals surface area contributed by atoms with Crippen molar-refractivity contribution in [3.8, 4) is 16.9 Å². The first-order valence-corrected chi connectivity index (χ1v) is 13.2. The van der Waals surface area contributed by atoms with Gasteiger partial charge in [0.15, 0.2) is 11.6 Å². The Bertz CT molecular complexity index is 1790. The van der Waals surface area contributed by atoms with Crippen molar-refractivity contribution in [3.05, 3.63) is 117 Å². The summed E-state index contributed by atoms with van der Waals surface area (Å²) in [6.45, 7) is 1.46. The van der Waals surface area contributed by atoms with E-state index in [-0.39, 0.29) is 23.5 Å². The van der Waals surface area contributed by atoms with Crippen LogP contribution in [0.25, 0.3) is 22.0 Å². The van der Waals surface area contributed by atoms with Crippen LogP contribution in [-0.2, 0) is 24.7 Å². The van der Waals surface area contributed by atoms with Crippen LogP contribution in [0.5, 0.6) is 5.75 Å². The molecule has 5 rings (SSSR count). The maximum absolute atomic E-state index is 13.9. The fraction of sp³-hybridized carbons (Fsp3) is 0.188. The molecule has 0 aliphatic rings. The minimum atomic E-state index is -0.783. The van der Waals surface area contributed by atoms with E-state index in [1.165, 1.54) is 24.7 Å². The molecule has 1 atom stereocenters. The quantitative estimate of drug-likeness (QED) is 0.213. The normalized spacial score (nSPS) is 11.9. The van der Waals surface area contributed by atoms with Crippen molar-refractivity contribution >= 4 is 34.1 Å². The second-order valence-electron chi connectivity index (χ2n) is 9.79. The number of aromatic nitrogens is 3. The second kappa shape index (κ2) is 11.3. The highest BCUT2D eigenvalue weighted by atomic mass is 35.5. The number of pyridine rings is 1. The number of methoxy groups -OCH3 is 1. The lowest BCUT2D eigenvalue weighted by atomic mass is 9.95. The van der Waals surface area contributed by atoms with Crippen molar-refractivity contribution in [2.45, 2.75) is 25.8 Å². The minimum Gasteiger partial charge on any atom is -0.495 e. The topological polar surface area (TPSA) is 83.2 Å². The highest BCUT2D eigenvalue weighted by molar-refractivity contribution is 6.31. The largest absolute Gasteiger partial charge is 0.495 e. The molecule has 0 aliphatic heterocycles. The standard InChI is InChI=1S/C32H28ClN3O4/c1-20(37)25-11-10-24(33)16-26(25)27-17-32(39)36(19-31(27)40-3)29(14-21-7-5-4-6-8-21)30(38)15-22-9-12-28-23(13-22)18-35(2)34-28/h4-13,16-19,29H,14-15H2,1-3H3/t29-/m0/s1. The molecule has 3 aromatic carbocycles. The number of hydrogen-bond acceptors (Lipinski definition) is 5. The van der Waals surface area contributed by atoms with E-state index in [1.54, 1.807) is 29.1 Å². The average Bonchev–Trinajstić information content (AvgIpc) is 3.31. The van der Waals surface area contributed by atoms with Gasteiger partial charge in [-0.15, -0.1) is 0 Å². The van der Waals surface area contributed by atoms with Gasteiger partial charge >= 0.3 is 0 Å². The van der Waals surface area contributed by atoms with Gasteiger partial charge in [-0.25, -0.2) is 0 Å². The summed E-state index contributed by atoms with van der Waals surface area (Å²) in [5.41, 5.74) is 3.57. The highest BCUT2D eigenvalue weighted by Gasteiger charge is 2.25. The third kappa shape index (κ3) is 5.60. The summed E-state index contributed by atoms with van der Waals surface area (Å²) in [4.78, 5) is 39.9. The van der Waals surface area contributed by atoms with Gasteiger partial charge in [-0.1, -0.05) is 48.0 Å². The molecular formula is C32H28ClN3O4. The molecule has 0 unspecified atom stereocenters.